The number of nitrogens with zero attached hydrogens (tertiary/aromatic N) is 6. The van der Waals surface area contributed by atoms with Crippen molar-refractivity contribution in [1.29, 1.82) is 0 Å². The van der Waals surface area contributed by atoms with Crippen LogP contribution in [0, 0.1) is 40.5 Å². The number of hydrogen-bond donors (Lipinski definition) is 6. The molecule has 2 aromatic rings. The van der Waals surface area contributed by atoms with Gasteiger partial charge in [-0.05, 0) is 12.1 Å². The highest BCUT2D eigenvalue weighted by Gasteiger charge is 2.28. The van der Waals surface area contributed by atoms with Gasteiger partial charge in [-0.25, -0.2) is 0 Å². The molecule has 202 valence electrons. The summed E-state index contributed by atoms with van der Waals surface area (Å²) in [6.07, 6.45) is -5.36. The minimum atomic E-state index is -2.10. The summed E-state index contributed by atoms with van der Waals surface area (Å²) in [5.74, 6) is 0. The summed E-state index contributed by atoms with van der Waals surface area (Å²) >= 11 is 0. The first-order valence-corrected chi connectivity index (χ1v) is 10.0. The second-order valence-electron chi connectivity index (χ2n) is 7.14. The average Bonchev–Trinajstić information content (AvgIpc) is 2.88. The number of nitrogens with one attached hydrogen (secondary N) is 2. The zero-order chi connectivity index (χ0) is 28.6. The molecule has 0 aliphatic rings. The van der Waals surface area contributed by atoms with Crippen LogP contribution >= 0.6 is 0 Å². The molecule has 20 heteroatoms. The Hall–Kier alpha value is -5.18. The molecule has 3 atom stereocenters. The molecular weight excluding hydrogens is 520 g/mol. The van der Waals surface area contributed by atoms with E-state index in [1.807, 2.05) is 0 Å². The van der Waals surface area contributed by atoms with Crippen molar-refractivity contribution < 1.29 is 40.1 Å². The third-order valence-corrected chi connectivity index (χ3v) is 4.67. The second kappa shape index (κ2) is 12.7. The van der Waals surface area contributed by atoms with E-state index in [9.17, 15) is 55.8 Å². The van der Waals surface area contributed by atoms with Gasteiger partial charge in [-0.3, -0.25) is 51.3 Å². The molecule has 20 nitrogen and oxygen atoms in total. The molecule has 0 saturated heterocycles. The molecule has 6 N–H and O–H groups in total. The van der Waals surface area contributed by atoms with Crippen LogP contribution in [0.15, 0.2) is 46.6 Å². The SMILES string of the molecule is O=[N+]([O-])c1ccc(N/N=C(/C=N/Nc2ccc([N+](=O)[O-])cc2[N+](=O)[O-])C(O)C(O)C(O)CO)c([N+](=O)[O-])c1. The minimum Gasteiger partial charge on any atom is -0.394 e. The molecule has 0 amide bonds. The van der Waals surface area contributed by atoms with Crippen molar-refractivity contribution in [3.8, 4) is 0 Å². The normalized spacial score (nSPS) is 13.9. The maximum absolute atomic E-state index is 11.3. The van der Waals surface area contributed by atoms with E-state index in [2.05, 4.69) is 21.1 Å². The molecule has 3 unspecified atom stereocenters. The van der Waals surface area contributed by atoms with Crippen LogP contribution in [0.3, 0.4) is 0 Å². The Morgan fingerprint density at radius 3 is 1.71 bits per heavy atom. The van der Waals surface area contributed by atoms with Crippen LogP contribution in [-0.2, 0) is 0 Å². The van der Waals surface area contributed by atoms with Gasteiger partial charge in [0.1, 0.15) is 35.4 Å². The highest BCUT2D eigenvalue weighted by Crippen LogP contribution is 2.30. The molecule has 0 spiro atoms. The van der Waals surface area contributed by atoms with Crippen LogP contribution in [0.2, 0.25) is 0 Å². The van der Waals surface area contributed by atoms with E-state index in [0.29, 0.717) is 18.3 Å². The van der Waals surface area contributed by atoms with E-state index in [4.69, 9.17) is 5.11 Å². The lowest BCUT2D eigenvalue weighted by Crippen LogP contribution is -2.44. The molecule has 2 rings (SSSR count). The maximum Gasteiger partial charge on any atom is 0.301 e. The molecular formula is C18H18N8O12. The number of hydrazone groups is 2. The maximum atomic E-state index is 11.3. The molecule has 0 fully saturated rings. The summed E-state index contributed by atoms with van der Waals surface area (Å²) < 4.78 is 0. The van der Waals surface area contributed by atoms with E-state index in [-0.39, 0.29) is 5.69 Å². The van der Waals surface area contributed by atoms with Gasteiger partial charge in [0.15, 0.2) is 0 Å². The lowest BCUT2D eigenvalue weighted by atomic mass is 10.0. The number of anilines is 2. The smallest absolute Gasteiger partial charge is 0.301 e. The Kier molecular flexibility index (Phi) is 9.70. The minimum absolute atomic E-state index is 0.333. The number of aliphatic hydroxyl groups is 4. The van der Waals surface area contributed by atoms with Crippen LogP contribution in [-0.4, -0.2) is 77.0 Å². The number of benzene rings is 2. The summed E-state index contributed by atoms with van der Waals surface area (Å²) in [7, 11) is 0. The Labute approximate surface area is 209 Å². The third kappa shape index (κ3) is 7.17. The van der Waals surface area contributed by atoms with Gasteiger partial charge in [0.25, 0.3) is 11.4 Å². The van der Waals surface area contributed by atoms with Crippen LogP contribution in [0.25, 0.3) is 0 Å². The topological polar surface area (TPSA) is 302 Å². The summed E-state index contributed by atoms with van der Waals surface area (Å²) in [5.41, 5.74) is 0.248. The number of non-ortho nitro benzene ring substituents is 2. The summed E-state index contributed by atoms with van der Waals surface area (Å²) in [6.45, 7) is -0.989. The molecule has 0 saturated carbocycles. The Bertz CT molecular complexity index is 1300. The number of rotatable bonds is 13. The Morgan fingerprint density at radius 2 is 1.29 bits per heavy atom. The van der Waals surface area contributed by atoms with Crippen molar-refractivity contribution in [3.63, 3.8) is 0 Å². The highest BCUT2D eigenvalue weighted by molar-refractivity contribution is 6.33. The van der Waals surface area contributed by atoms with E-state index >= 15 is 0 Å². The fourth-order valence-electron chi connectivity index (χ4n) is 2.72. The van der Waals surface area contributed by atoms with Crippen LogP contribution in [0.4, 0.5) is 34.1 Å². The van der Waals surface area contributed by atoms with Gasteiger partial charge in [0.2, 0.25) is 0 Å². The van der Waals surface area contributed by atoms with Gasteiger partial charge in [-0.1, -0.05) is 0 Å². The molecule has 0 bridgehead atoms. The monoisotopic (exact) mass is 538 g/mol. The Morgan fingerprint density at radius 1 is 0.816 bits per heavy atom. The highest BCUT2D eigenvalue weighted by atomic mass is 16.6. The molecule has 0 aliphatic carbocycles. The molecule has 0 aromatic heterocycles. The van der Waals surface area contributed by atoms with E-state index in [0.717, 1.165) is 24.3 Å². The second-order valence-corrected chi connectivity index (χ2v) is 7.14. The first kappa shape index (κ1) is 29.1. The van der Waals surface area contributed by atoms with E-state index in [1.54, 1.807) is 0 Å². The fraction of sp³-hybridized carbons (Fsp3) is 0.222. The number of nitro benzene ring substituents is 4. The largest absolute Gasteiger partial charge is 0.394 e. The predicted molar refractivity (Wildman–Crippen MR) is 128 cm³/mol. The summed E-state index contributed by atoms with van der Waals surface area (Å²) in [5, 5.41) is 90.6. The van der Waals surface area contributed by atoms with Crippen molar-refractivity contribution in [1.82, 2.24) is 0 Å². The Balaban J connectivity index is 2.44. The van der Waals surface area contributed by atoms with Gasteiger partial charge >= 0.3 is 11.4 Å². The van der Waals surface area contributed by atoms with Gasteiger partial charge in [0, 0.05) is 12.1 Å². The van der Waals surface area contributed by atoms with Crippen molar-refractivity contribution >= 4 is 46.1 Å². The molecule has 0 heterocycles. The first-order chi connectivity index (χ1) is 17.9. The third-order valence-electron chi connectivity index (χ3n) is 4.67. The van der Waals surface area contributed by atoms with Gasteiger partial charge in [0.05, 0.1) is 44.6 Å². The van der Waals surface area contributed by atoms with Gasteiger partial charge < -0.3 is 20.4 Å². The quantitative estimate of drug-likeness (QED) is 0.113. The summed E-state index contributed by atoms with van der Waals surface area (Å²) in [4.78, 5) is 40.7. The summed E-state index contributed by atoms with van der Waals surface area (Å²) in [6, 6.07) is 5.02. The van der Waals surface area contributed by atoms with Gasteiger partial charge in [-0.15, -0.1) is 0 Å². The van der Waals surface area contributed by atoms with Crippen molar-refractivity contribution in [2.24, 2.45) is 10.2 Å². The zero-order valence-electron chi connectivity index (χ0n) is 18.7. The van der Waals surface area contributed by atoms with E-state index in [1.165, 1.54) is 0 Å². The average molecular weight is 538 g/mol. The molecule has 2 aromatic carbocycles. The standard InChI is InChI=1S/C18H18N8O12/c27-8-16(28)18(30)17(29)13(22-21-12-4-2-10(24(33)34)6-15(12)26(37)38)7-19-20-11-3-1-9(23(31)32)5-14(11)25(35)36/h1-7,16-18,20-21,27-30H,8H2/b19-7+,22-13-. The van der Waals surface area contributed by atoms with Gasteiger partial charge in [-0.2, -0.15) is 10.2 Å². The van der Waals surface area contributed by atoms with Crippen LogP contribution < -0.4 is 10.9 Å². The first-order valence-electron chi connectivity index (χ1n) is 10.0. The van der Waals surface area contributed by atoms with Crippen LogP contribution in [0.1, 0.15) is 0 Å². The predicted octanol–water partition coefficient (Wildman–Crippen LogP) is 0.260. The number of nitro groups is 4. The zero-order valence-corrected chi connectivity index (χ0v) is 18.7. The molecule has 0 radical (unpaired) electrons. The van der Waals surface area contributed by atoms with Crippen molar-refractivity contribution in [2.45, 2.75) is 18.3 Å². The lowest BCUT2D eigenvalue weighted by molar-refractivity contribution is -0.393. The number of aliphatic hydroxyl groups excluding tert-OH is 4. The molecule has 0 aliphatic heterocycles. The van der Waals surface area contributed by atoms with Crippen molar-refractivity contribution in [2.75, 3.05) is 17.5 Å². The van der Waals surface area contributed by atoms with Crippen molar-refractivity contribution in [3.05, 3.63) is 76.9 Å². The van der Waals surface area contributed by atoms with E-state index < -0.39 is 78.8 Å². The fourth-order valence-corrected chi connectivity index (χ4v) is 2.72. The van der Waals surface area contributed by atoms with Crippen LogP contribution in [0.5, 0.6) is 0 Å². The lowest BCUT2D eigenvalue weighted by Gasteiger charge is -2.21. The molecule has 38 heavy (non-hydrogen) atoms. The number of hydrogen-bond acceptors (Lipinski definition) is 16.